The van der Waals surface area contributed by atoms with Gasteiger partial charge in [0.25, 0.3) is 0 Å². The molecule has 1 amide bonds. The van der Waals surface area contributed by atoms with E-state index < -0.39 is 0 Å². The van der Waals surface area contributed by atoms with Gasteiger partial charge in [0.05, 0.1) is 17.1 Å². The molecule has 6 heteroatoms. The molecule has 1 aliphatic rings. The highest BCUT2D eigenvalue weighted by Gasteiger charge is 2.13. The molecule has 3 N–H and O–H groups in total. The van der Waals surface area contributed by atoms with E-state index in [1.165, 1.54) is 12.1 Å². The summed E-state index contributed by atoms with van der Waals surface area (Å²) >= 11 is 0. The Morgan fingerprint density at radius 1 is 1.16 bits per heavy atom. The Hall–Kier alpha value is -3.15. The lowest BCUT2D eigenvalue weighted by atomic mass is 10.0. The average molecular weight is 337 g/mol. The second-order valence-electron chi connectivity index (χ2n) is 5.75. The van der Waals surface area contributed by atoms with E-state index in [4.69, 9.17) is 0 Å². The van der Waals surface area contributed by atoms with E-state index in [0.717, 1.165) is 22.7 Å². The summed E-state index contributed by atoms with van der Waals surface area (Å²) in [6.07, 6.45) is 1.70. The molecule has 0 bridgehead atoms. The molecule has 0 fully saturated rings. The first-order valence-corrected chi connectivity index (χ1v) is 8.12. The molecule has 2 aromatic carbocycles. The second-order valence-corrected chi connectivity index (χ2v) is 5.75. The van der Waals surface area contributed by atoms with Crippen LogP contribution in [0.15, 0.2) is 52.6 Å². The maximum absolute atomic E-state index is 11.2. The highest BCUT2D eigenvalue weighted by molar-refractivity contribution is 6.05. The Balaban J connectivity index is 1.85. The molecule has 0 radical (unpaired) electrons. The molecule has 128 valence electrons. The molecule has 0 aliphatic carbocycles. The Morgan fingerprint density at radius 3 is 2.52 bits per heavy atom. The summed E-state index contributed by atoms with van der Waals surface area (Å²) in [6.45, 7) is 1.96. The first-order chi connectivity index (χ1) is 12.1. The molecule has 0 spiro atoms. The Morgan fingerprint density at radius 2 is 1.92 bits per heavy atom. The number of phenols is 2. The van der Waals surface area contributed by atoms with E-state index in [-0.39, 0.29) is 17.4 Å². The summed E-state index contributed by atoms with van der Waals surface area (Å²) in [6, 6.07) is 12.1. The fourth-order valence-electron chi connectivity index (χ4n) is 2.66. The third-order valence-corrected chi connectivity index (χ3v) is 4.00. The van der Waals surface area contributed by atoms with E-state index in [2.05, 4.69) is 15.5 Å². The molecule has 0 unspecified atom stereocenters. The van der Waals surface area contributed by atoms with Crippen molar-refractivity contribution in [3.63, 3.8) is 0 Å². The SMILES string of the molecule is CCC(=Nc1ccc(C2=NNC(=O)CC2)cc1)c1ccc(O)cc1O. The summed E-state index contributed by atoms with van der Waals surface area (Å²) in [4.78, 5) is 15.8. The predicted octanol–water partition coefficient (Wildman–Crippen LogP) is 3.24. The van der Waals surface area contributed by atoms with Gasteiger partial charge < -0.3 is 10.2 Å². The molecule has 1 heterocycles. The van der Waals surface area contributed by atoms with Crippen LogP contribution >= 0.6 is 0 Å². The molecule has 0 saturated heterocycles. The van der Waals surface area contributed by atoms with Gasteiger partial charge in [0.15, 0.2) is 0 Å². The minimum absolute atomic E-state index is 0.00419. The second kappa shape index (κ2) is 7.17. The van der Waals surface area contributed by atoms with Gasteiger partial charge in [-0.15, -0.1) is 0 Å². The number of hydrogen-bond donors (Lipinski definition) is 3. The largest absolute Gasteiger partial charge is 0.508 e. The van der Waals surface area contributed by atoms with Crippen LogP contribution in [0.25, 0.3) is 0 Å². The summed E-state index contributed by atoms with van der Waals surface area (Å²) < 4.78 is 0. The molecule has 1 aliphatic heterocycles. The minimum Gasteiger partial charge on any atom is -0.508 e. The number of aliphatic imine (C=N–C) groups is 1. The highest BCUT2D eigenvalue weighted by atomic mass is 16.3. The van der Waals surface area contributed by atoms with Crippen molar-refractivity contribution in [2.45, 2.75) is 26.2 Å². The minimum atomic E-state index is -0.0636. The zero-order valence-electron chi connectivity index (χ0n) is 13.9. The number of rotatable bonds is 4. The fourth-order valence-corrected chi connectivity index (χ4v) is 2.66. The van der Waals surface area contributed by atoms with Gasteiger partial charge in [-0.25, -0.2) is 5.43 Å². The monoisotopic (exact) mass is 337 g/mol. The van der Waals surface area contributed by atoms with Gasteiger partial charge in [0, 0.05) is 24.5 Å². The van der Waals surface area contributed by atoms with Crippen LogP contribution in [-0.2, 0) is 4.79 Å². The van der Waals surface area contributed by atoms with Gasteiger partial charge in [-0.05, 0) is 36.2 Å². The Labute approximate surface area is 145 Å². The Kier molecular flexibility index (Phi) is 4.79. The number of carbonyl (C=O) groups is 1. The lowest BCUT2D eigenvalue weighted by molar-refractivity contribution is -0.121. The molecule has 0 aromatic heterocycles. The van der Waals surface area contributed by atoms with Crippen molar-refractivity contribution in [1.82, 2.24) is 5.43 Å². The molecule has 3 rings (SSSR count). The number of carbonyl (C=O) groups excluding carboxylic acids is 1. The van der Waals surface area contributed by atoms with Gasteiger partial charge in [-0.2, -0.15) is 5.10 Å². The highest BCUT2D eigenvalue weighted by Crippen LogP contribution is 2.26. The molecule has 25 heavy (non-hydrogen) atoms. The lowest BCUT2D eigenvalue weighted by Crippen LogP contribution is -2.25. The van der Waals surface area contributed by atoms with Crippen LogP contribution in [0.5, 0.6) is 11.5 Å². The number of aromatic hydroxyl groups is 2. The van der Waals surface area contributed by atoms with Crippen molar-refractivity contribution >= 4 is 23.0 Å². The Bertz CT molecular complexity index is 855. The maximum atomic E-state index is 11.2. The third kappa shape index (κ3) is 3.85. The van der Waals surface area contributed by atoms with Crippen LogP contribution in [0, 0.1) is 0 Å². The molecule has 2 aromatic rings. The van der Waals surface area contributed by atoms with Crippen molar-refractivity contribution in [2.75, 3.05) is 0 Å². The van der Waals surface area contributed by atoms with Crippen LogP contribution < -0.4 is 5.43 Å². The van der Waals surface area contributed by atoms with E-state index in [1.807, 2.05) is 31.2 Å². The smallest absolute Gasteiger partial charge is 0.240 e. The van der Waals surface area contributed by atoms with Gasteiger partial charge in [-0.3, -0.25) is 9.79 Å². The number of phenolic OH excluding ortho intramolecular Hbond substituents is 2. The topological polar surface area (TPSA) is 94.3 Å². The zero-order chi connectivity index (χ0) is 17.8. The van der Waals surface area contributed by atoms with Crippen molar-refractivity contribution in [3.8, 4) is 11.5 Å². The average Bonchev–Trinajstić information content (AvgIpc) is 2.61. The van der Waals surface area contributed by atoms with Crippen molar-refractivity contribution < 1.29 is 15.0 Å². The normalized spacial score (nSPS) is 14.8. The number of hydrogen-bond acceptors (Lipinski definition) is 5. The number of amides is 1. The van der Waals surface area contributed by atoms with Gasteiger partial charge in [-0.1, -0.05) is 19.1 Å². The molecular formula is C19H19N3O3. The van der Waals surface area contributed by atoms with E-state index in [9.17, 15) is 15.0 Å². The van der Waals surface area contributed by atoms with E-state index in [0.29, 0.717) is 24.8 Å². The third-order valence-electron chi connectivity index (χ3n) is 4.00. The van der Waals surface area contributed by atoms with Crippen LogP contribution in [0.2, 0.25) is 0 Å². The first-order valence-electron chi connectivity index (χ1n) is 8.12. The predicted molar refractivity (Wildman–Crippen MR) is 96.6 cm³/mol. The first kappa shape index (κ1) is 16.7. The van der Waals surface area contributed by atoms with Crippen LogP contribution in [-0.4, -0.2) is 27.5 Å². The van der Waals surface area contributed by atoms with Crippen LogP contribution in [0.1, 0.15) is 37.3 Å². The zero-order valence-corrected chi connectivity index (χ0v) is 13.9. The van der Waals surface area contributed by atoms with Gasteiger partial charge in [0.2, 0.25) is 5.91 Å². The number of nitrogens with one attached hydrogen (secondary N) is 1. The summed E-state index contributed by atoms with van der Waals surface area (Å²) in [5.41, 5.74) is 6.38. The maximum Gasteiger partial charge on any atom is 0.240 e. The van der Waals surface area contributed by atoms with E-state index in [1.54, 1.807) is 6.07 Å². The molecule has 0 saturated carbocycles. The quantitative estimate of drug-likeness (QED) is 0.748. The van der Waals surface area contributed by atoms with Crippen molar-refractivity contribution in [1.29, 1.82) is 0 Å². The van der Waals surface area contributed by atoms with Crippen LogP contribution in [0.3, 0.4) is 0 Å². The van der Waals surface area contributed by atoms with Gasteiger partial charge in [0.1, 0.15) is 11.5 Å². The fraction of sp³-hybridized carbons (Fsp3) is 0.211. The molecular weight excluding hydrogens is 318 g/mol. The lowest BCUT2D eigenvalue weighted by Gasteiger charge is -2.12. The van der Waals surface area contributed by atoms with Gasteiger partial charge >= 0.3 is 0 Å². The van der Waals surface area contributed by atoms with Crippen molar-refractivity contribution in [2.24, 2.45) is 10.1 Å². The summed E-state index contributed by atoms with van der Waals surface area (Å²) in [7, 11) is 0. The number of benzene rings is 2. The molecule has 0 atom stereocenters. The van der Waals surface area contributed by atoms with Crippen LogP contribution in [0.4, 0.5) is 5.69 Å². The number of hydrazone groups is 1. The standard InChI is InChI=1S/C19H19N3O3/c1-2-16(15-8-7-14(23)11-18(15)24)20-13-5-3-12(4-6-13)17-9-10-19(25)22-21-17/h3-8,11,23-24H,2,9-10H2,1H3,(H,22,25). The van der Waals surface area contributed by atoms with E-state index >= 15 is 0 Å². The summed E-state index contributed by atoms with van der Waals surface area (Å²) in [5.74, 6) is -0.0443. The number of nitrogens with zero attached hydrogens (tertiary/aromatic N) is 2. The van der Waals surface area contributed by atoms with Crippen molar-refractivity contribution in [3.05, 3.63) is 53.6 Å². The summed E-state index contributed by atoms with van der Waals surface area (Å²) in [5, 5.41) is 23.5. The molecule has 6 nitrogen and oxygen atoms in total.